The maximum absolute atomic E-state index is 5.91. The van der Waals surface area contributed by atoms with Crippen LogP contribution in [0.3, 0.4) is 0 Å². The molecule has 0 aliphatic heterocycles. The van der Waals surface area contributed by atoms with Crippen LogP contribution in [0.5, 0.6) is 0 Å². The van der Waals surface area contributed by atoms with Gasteiger partial charge in [0.1, 0.15) is 0 Å². The third kappa shape index (κ3) is 6.37. The lowest BCUT2D eigenvalue weighted by Gasteiger charge is -2.24. The molecule has 0 aromatic heterocycles. The van der Waals surface area contributed by atoms with Crippen molar-refractivity contribution in [2.24, 2.45) is 0 Å². The molecule has 0 saturated heterocycles. The van der Waals surface area contributed by atoms with E-state index in [1.165, 1.54) is 0 Å². The topological polar surface area (TPSA) is 9.23 Å². The number of rotatable bonds is 6. The van der Waals surface area contributed by atoms with Gasteiger partial charge < -0.3 is 4.43 Å². The molecule has 2 heteroatoms. The molecule has 0 unspecified atom stereocenters. The molecule has 0 aliphatic rings. The van der Waals surface area contributed by atoms with Gasteiger partial charge in [-0.15, -0.1) is 13.2 Å². The molecular formula is C10H20OSi. The molecular weight excluding hydrogens is 164 g/mol. The first-order valence-corrected chi connectivity index (χ1v) is 7.80. The van der Waals surface area contributed by atoms with E-state index < -0.39 is 8.32 Å². The Bertz CT molecular complexity index is 136. The van der Waals surface area contributed by atoms with Crippen molar-refractivity contribution >= 4 is 8.32 Å². The Hall–Kier alpha value is -0.343. The van der Waals surface area contributed by atoms with Crippen LogP contribution in [0, 0.1) is 0 Å². The fourth-order valence-corrected chi connectivity index (χ4v) is 2.26. The fraction of sp³-hybridized carbons (Fsp3) is 0.600. The average Bonchev–Trinajstić information content (AvgIpc) is 1.84. The molecule has 0 fully saturated rings. The van der Waals surface area contributed by atoms with Gasteiger partial charge in [-0.1, -0.05) is 12.2 Å². The lowest BCUT2D eigenvalue weighted by molar-refractivity contribution is 0.201. The van der Waals surface area contributed by atoms with Crippen LogP contribution in [0.25, 0.3) is 0 Å². The van der Waals surface area contributed by atoms with E-state index in [0.29, 0.717) is 6.10 Å². The Morgan fingerprint density at radius 2 is 1.58 bits per heavy atom. The smallest absolute Gasteiger partial charge is 0.184 e. The molecule has 0 spiro atoms. The van der Waals surface area contributed by atoms with Crippen LogP contribution in [-0.2, 0) is 4.43 Å². The van der Waals surface area contributed by atoms with Gasteiger partial charge in [-0.3, -0.25) is 0 Å². The van der Waals surface area contributed by atoms with E-state index in [0.717, 1.165) is 12.8 Å². The average molecular weight is 184 g/mol. The summed E-state index contributed by atoms with van der Waals surface area (Å²) in [5, 5.41) is 0. The minimum Gasteiger partial charge on any atom is -0.414 e. The van der Waals surface area contributed by atoms with Crippen molar-refractivity contribution < 1.29 is 4.43 Å². The Kier molecular flexibility index (Phi) is 5.18. The highest BCUT2D eigenvalue weighted by molar-refractivity contribution is 6.69. The van der Waals surface area contributed by atoms with Gasteiger partial charge in [0.15, 0.2) is 8.32 Å². The zero-order valence-corrected chi connectivity index (χ0v) is 9.47. The van der Waals surface area contributed by atoms with E-state index in [-0.39, 0.29) is 0 Å². The lowest BCUT2D eigenvalue weighted by Crippen LogP contribution is -2.31. The molecule has 0 bridgehead atoms. The largest absolute Gasteiger partial charge is 0.414 e. The van der Waals surface area contributed by atoms with Crippen molar-refractivity contribution in [1.29, 1.82) is 0 Å². The van der Waals surface area contributed by atoms with Gasteiger partial charge in [0, 0.05) is 0 Å². The highest BCUT2D eigenvalue weighted by Crippen LogP contribution is 2.13. The van der Waals surface area contributed by atoms with Crippen molar-refractivity contribution in [1.82, 2.24) is 0 Å². The first-order valence-electron chi connectivity index (χ1n) is 4.39. The molecule has 0 atom stereocenters. The maximum Gasteiger partial charge on any atom is 0.184 e. The van der Waals surface area contributed by atoms with E-state index >= 15 is 0 Å². The van der Waals surface area contributed by atoms with Crippen LogP contribution < -0.4 is 0 Å². The van der Waals surface area contributed by atoms with Crippen molar-refractivity contribution in [3.63, 3.8) is 0 Å². The van der Waals surface area contributed by atoms with Gasteiger partial charge in [-0.05, 0) is 32.5 Å². The fourth-order valence-electron chi connectivity index (χ4n) is 1.06. The first kappa shape index (κ1) is 11.7. The van der Waals surface area contributed by atoms with Gasteiger partial charge >= 0.3 is 0 Å². The summed E-state index contributed by atoms with van der Waals surface area (Å²) in [6.07, 6.45) is 5.97. The van der Waals surface area contributed by atoms with Crippen LogP contribution in [0.1, 0.15) is 12.8 Å². The van der Waals surface area contributed by atoms with Crippen molar-refractivity contribution in [3.05, 3.63) is 25.3 Å². The summed E-state index contributed by atoms with van der Waals surface area (Å²) in [7, 11) is -1.39. The van der Waals surface area contributed by atoms with Crippen molar-refractivity contribution in [2.45, 2.75) is 38.6 Å². The lowest BCUT2D eigenvalue weighted by atomic mass is 10.2. The van der Waals surface area contributed by atoms with E-state index in [2.05, 4.69) is 32.8 Å². The van der Waals surface area contributed by atoms with Crippen LogP contribution in [0.15, 0.2) is 25.3 Å². The second-order valence-electron chi connectivity index (χ2n) is 3.90. The molecule has 0 amide bonds. The van der Waals surface area contributed by atoms with Crippen molar-refractivity contribution in [3.8, 4) is 0 Å². The Morgan fingerprint density at radius 1 is 1.17 bits per heavy atom. The van der Waals surface area contributed by atoms with E-state index in [9.17, 15) is 0 Å². The minimum atomic E-state index is -1.39. The van der Waals surface area contributed by atoms with Crippen LogP contribution in [0.2, 0.25) is 19.6 Å². The van der Waals surface area contributed by atoms with E-state index in [1.807, 2.05) is 12.2 Å². The zero-order valence-electron chi connectivity index (χ0n) is 8.47. The molecule has 0 aliphatic carbocycles. The summed E-state index contributed by atoms with van der Waals surface area (Å²) in [6, 6.07) is 0. The van der Waals surface area contributed by atoms with Gasteiger partial charge in [0.25, 0.3) is 0 Å². The summed E-state index contributed by atoms with van der Waals surface area (Å²) in [5.74, 6) is 0. The highest BCUT2D eigenvalue weighted by Gasteiger charge is 2.18. The zero-order chi connectivity index (χ0) is 9.61. The SMILES string of the molecule is C=CCC(CC=C)O[Si](C)(C)C. The van der Waals surface area contributed by atoms with Crippen molar-refractivity contribution in [2.75, 3.05) is 0 Å². The minimum absolute atomic E-state index is 0.298. The van der Waals surface area contributed by atoms with E-state index in [4.69, 9.17) is 4.43 Å². The molecule has 0 aromatic rings. The number of hydrogen-bond acceptors (Lipinski definition) is 1. The predicted octanol–water partition coefficient (Wildman–Crippen LogP) is 3.36. The molecule has 0 radical (unpaired) electrons. The second kappa shape index (κ2) is 5.33. The standard InChI is InChI=1S/C10H20OSi/c1-6-8-10(9-7-2)11-12(3,4)5/h6-7,10H,1-2,8-9H2,3-5H3. The summed E-state index contributed by atoms with van der Waals surface area (Å²) in [4.78, 5) is 0. The Balaban J connectivity index is 3.93. The molecule has 70 valence electrons. The quantitative estimate of drug-likeness (QED) is 0.454. The van der Waals surface area contributed by atoms with E-state index in [1.54, 1.807) is 0 Å². The van der Waals surface area contributed by atoms with Crippen LogP contribution >= 0.6 is 0 Å². The Morgan fingerprint density at radius 3 is 1.83 bits per heavy atom. The molecule has 0 rings (SSSR count). The molecule has 0 heterocycles. The molecule has 12 heavy (non-hydrogen) atoms. The highest BCUT2D eigenvalue weighted by atomic mass is 28.4. The normalized spacial score (nSPS) is 11.7. The predicted molar refractivity (Wildman–Crippen MR) is 57.8 cm³/mol. The molecule has 0 aromatic carbocycles. The monoisotopic (exact) mass is 184 g/mol. The molecule has 0 N–H and O–H groups in total. The third-order valence-electron chi connectivity index (χ3n) is 1.38. The summed E-state index contributed by atoms with van der Waals surface area (Å²) >= 11 is 0. The Labute approximate surface area is 77.3 Å². The third-order valence-corrected chi connectivity index (χ3v) is 2.42. The van der Waals surface area contributed by atoms with Gasteiger partial charge in [0.2, 0.25) is 0 Å². The summed E-state index contributed by atoms with van der Waals surface area (Å²) in [5.41, 5.74) is 0. The number of hydrogen-bond donors (Lipinski definition) is 0. The maximum atomic E-state index is 5.91. The van der Waals surface area contributed by atoms with Gasteiger partial charge in [-0.2, -0.15) is 0 Å². The van der Waals surface area contributed by atoms with Gasteiger partial charge in [-0.25, -0.2) is 0 Å². The van der Waals surface area contributed by atoms with Crippen LogP contribution in [-0.4, -0.2) is 14.4 Å². The second-order valence-corrected chi connectivity index (χ2v) is 8.36. The summed E-state index contributed by atoms with van der Waals surface area (Å²) in [6.45, 7) is 14.0. The summed E-state index contributed by atoms with van der Waals surface area (Å²) < 4.78 is 5.91. The van der Waals surface area contributed by atoms with Gasteiger partial charge in [0.05, 0.1) is 6.10 Å². The van der Waals surface area contributed by atoms with Crippen LogP contribution in [0.4, 0.5) is 0 Å². The molecule has 0 saturated carbocycles. The first-order chi connectivity index (χ1) is 5.49. The molecule has 1 nitrogen and oxygen atoms in total.